The van der Waals surface area contributed by atoms with E-state index in [0.717, 1.165) is 17.7 Å². The average Bonchev–Trinajstić information content (AvgIpc) is 2.44. The second-order valence-electron chi connectivity index (χ2n) is 4.15. The quantitative estimate of drug-likeness (QED) is 0.934. The van der Waals surface area contributed by atoms with Crippen molar-refractivity contribution in [2.24, 2.45) is 0 Å². The lowest BCUT2D eigenvalue weighted by Crippen LogP contribution is -2.23. The van der Waals surface area contributed by atoms with Crippen LogP contribution in [0, 0.1) is 23.0 Å². The molecule has 0 fully saturated rings. The second kappa shape index (κ2) is 5.93. The Hall–Kier alpha value is -2.74. The minimum atomic E-state index is -0.804. The fraction of sp³-hybridized carbons (Fsp3) is 0.0667. The molecule has 2 rings (SSSR count). The predicted molar refractivity (Wildman–Crippen MR) is 68.7 cm³/mol. The first-order valence-corrected chi connectivity index (χ1v) is 5.82. The number of carbonyl (C=O) groups excluding carboxylic acids is 1. The normalized spacial score (nSPS) is 9.85. The van der Waals surface area contributed by atoms with E-state index in [1.807, 2.05) is 6.07 Å². The van der Waals surface area contributed by atoms with Gasteiger partial charge in [0.05, 0.1) is 11.6 Å². The number of benzene rings is 2. The molecule has 2 aromatic carbocycles. The fourth-order valence-corrected chi connectivity index (χ4v) is 1.72. The number of rotatable bonds is 3. The molecule has 0 aliphatic heterocycles. The topological polar surface area (TPSA) is 52.9 Å². The average molecular weight is 272 g/mol. The lowest BCUT2D eigenvalue weighted by molar-refractivity contribution is 0.0950. The molecule has 0 aliphatic rings. The van der Waals surface area contributed by atoms with Crippen LogP contribution in [0.4, 0.5) is 8.78 Å². The molecule has 0 unspecified atom stereocenters. The Kier molecular flexibility index (Phi) is 4.06. The zero-order valence-electron chi connectivity index (χ0n) is 10.4. The highest BCUT2D eigenvalue weighted by Crippen LogP contribution is 2.09. The van der Waals surface area contributed by atoms with Crippen LogP contribution in [0.5, 0.6) is 0 Å². The highest BCUT2D eigenvalue weighted by atomic mass is 19.1. The molecular weight excluding hydrogens is 262 g/mol. The van der Waals surface area contributed by atoms with E-state index >= 15 is 0 Å². The number of nitrogens with one attached hydrogen (secondary N) is 1. The minimum absolute atomic E-state index is 0.0843. The number of amides is 1. The molecule has 3 nitrogen and oxygen atoms in total. The van der Waals surface area contributed by atoms with Crippen LogP contribution in [0.3, 0.4) is 0 Å². The van der Waals surface area contributed by atoms with Gasteiger partial charge in [-0.1, -0.05) is 12.1 Å². The van der Waals surface area contributed by atoms with E-state index in [-0.39, 0.29) is 12.1 Å². The first-order chi connectivity index (χ1) is 9.58. The van der Waals surface area contributed by atoms with Crippen LogP contribution in [0.15, 0.2) is 42.5 Å². The molecule has 0 saturated heterocycles. The minimum Gasteiger partial charge on any atom is -0.348 e. The van der Waals surface area contributed by atoms with Gasteiger partial charge >= 0.3 is 0 Å². The van der Waals surface area contributed by atoms with E-state index in [0.29, 0.717) is 11.6 Å². The molecular formula is C15H10F2N2O. The number of nitriles is 1. The van der Waals surface area contributed by atoms with E-state index in [9.17, 15) is 13.6 Å². The second-order valence-corrected chi connectivity index (χ2v) is 4.15. The van der Waals surface area contributed by atoms with Gasteiger partial charge in [0.2, 0.25) is 0 Å². The molecule has 5 heteroatoms. The summed E-state index contributed by atoms with van der Waals surface area (Å²) >= 11 is 0. The van der Waals surface area contributed by atoms with E-state index in [1.165, 1.54) is 0 Å². The molecule has 0 spiro atoms. The summed E-state index contributed by atoms with van der Waals surface area (Å²) in [4.78, 5) is 11.8. The highest BCUT2D eigenvalue weighted by molar-refractivity contribution is 5.94. The van der Waals surface area contributed by atoms with Crippen molar-refractivity contribution in [2.75, 3.05) is 0 Å². The van der Waals surface area contributed by atoms with Gasteiger partial charge < -0.3 is 5.32 Å². The van der Waals surface area contributed by atoms with Crippen LogP contribution in [-0.2, 0) is 6.54 Å². The van der Waals surface area contributed by atoms with Gasteiger partial charge in [0, 0.05) is 18.2 Å². The van der Waals surface area contributed by atoms with Crippen molar-refractivity contribution in [2.45, 2.75) is 6.54 Å². The molecule has 0 atom stereocenters. The monoisotopic (exact) mass is 272 g/mol. The van der Waals surface area contributed by atoms with Crippen molar-refractivity contribution in [1.82, 2.24) is 5.32 Å². The molecule has 2 aromatic rings. The third-order valence-electron chi connectivity index (χ3n) is 2.63. The van der Waals surface area contributed by atoms with Crippen molar-refractivity contribution in [3.63, 3.8) is 0 Å². The Balaban J connectivity index is 2.06. The van der Waals surface area contributed by atoms with Gasteiger partial charge in [-0.25, -0.2) is 8.78 Å². The highest BCUT2D eigenvalue weighted by Gasteiger charge is 2.09. The summed E-state index contributed by atoms with van der Waals surface area (Å²) in [5, 5.41) is 11.3. The van der Waals surface area contributed by atoms with E-state index in [1.54, 1.807) is 24.3 Å². The molecule has 100 valence electrons. The smallest absolute Gasteiger partial charge is 0.251 e. The van der Waals surface area contributed by atoms with Crippen molar-refractivity contribution in [3.05, 3.63) is 70.8 Å². The molecule has 0 radical (unpaired) electrons. The number of nitrogens with zero attached hydrogens (tertiary/aromatic N) is 1. The molecule has 20 heavy (non-hydrogen) atoms. The SMILES string of the molecule is N#Cc1cccc(CNC(=O)c2cc(F)cc(F)c2)c1. The lowest BCUT2D eigenvalue weighted by atomic mass is 10.1. The summed E-state index contributed by atoms with van der Waals surface area (Å²) in [5.74, 6) is -2.19. The van der Waals surface area contributed by atoms with Gasteiger partial charge in [-0.3, -0.25) is 4.79 Å². The van der Waals surface area contributed by atoms with Crippen molar-refractivity contribution in [1.29, 1.82) is 5.26 Å². The Morgan fingerprint density at radius 1 is 1.15 bits per heavy atom. The Morgan fingerprint density at radius 2 is 1.85 bits per heavy atom. The van der Waals surface area contributed by atoms with E-state index < -0.39 is 17.5 Å². The maximum atomic E-state index is 13.0. The molecule has 0 aliphatic carbocycles. The van der Waals surface area contributed by atoms with Crippen LogP contribution in [0.25, 0.3) is 0 Å². The van der Waals surface area contributed by atoms with Crippen LogP contribution in [-0.4, -0.2) is 5.91 Å². The lowest BCUT2D eigenvalue weighted by Gasteiger charge is -2.06. The maximum absolute atomic E-state index is 13.0. The van der Waals surface area contributed by atoms with Crippen LogP contribution >= 0.6 is 0 Å². The van der Waals surface area contributed by atoms with E-state index in [2.05, 4.69) is 5.32 Å². The zero-order chi connectivity index (χ0) is 14.5. The van der Waals surface area contributed by atoms with Gasteiger partial charge in [0.1, 0.15) is 11.6 Å². The summed E-state index contributed by atoms with van der Waals surface area (Å²) in [6.45, 7) is 0.173. The zero-order valence-corrected chi connectivity index (χ0v) is 10.4. The van der Waals surface area contributed by atoms with Crippen molar-refractivity contribution in [3.8, 4) is 6.07 Å². The Labute approximate surface area is 114 Å². The summed E-state index contributed by atoms with van der Waals surface area (Å²) in [7, 11) is 0. The summed E-state index contributed by atoms with van der Waals surface area (Å²) in [6, 6.07) is 11.3. The maximum Gasteiger partial charge on any atom is 0.251 e. The van der Waals surface area contributed by atoms with Gasteiger partial charge in [0.15, 0.2) is 0 Å². The molecule has 0 heterocycles. The van der Waals surface area contributed by atoms with Gasteiger partial charge in [0.25, 0.3) is 5.91 Å². The summed E-state index contributed by atoms with van der Waals surface area (Å²) < 4.78 is 26.0. The van der Waals surface area contributed by atoms with E-state index in [4.69, 9.17) is 5.26 Å². The van der Waals surface area contributed by atoms with Gasteiger partial charge in [-0.15, -0.1) is 0 Å². The number of halogens is 2. The first-order valence-electron chi connectivity index (χ1n) is 5.82. The third kappa shape index (κ3) is 3.39. The van der Waals surface area contributed by atoms with Crippen molar-refractivity contribution >= 4 is 5.91 Å². The first kappa shape index (κ1) is 13.7. The Morgan fingerprint density at radius 3 is 2.50 bits per heavy atom. The van der Waals surface area contributed by atoms with Crippen LogP contribution in [0.2, 0.25) is 0 Å². The largest absolute Gasteiger partial charge is 0.348 e. The number of hydrogen-bond donors (Lipinski definition) is 1. The molecule has 0 aromatic heterocycles. The van der Waals surface area contributed by atoms with Gasteiger partial charge in [-0.2, -0.15) is 5.26 Å². The number of hydrogen-bond acceptors (Lipinski definition) is 2. The van der Waals surface area contributed by atoms with Crippen LogP contribution < -0.4 is 5.32 Å². The third-order valence-corrected chi connectivity index (χ3v) is 2.63. The number of carbonyl (C=O) groups is 1. The fourth-order valence-electron chi connectivity index (χ4n) is 1.72. The molecule has 1 N–H and O–H groups in total. The molecule has 0 saturated carbocycles. The Bertz CT molecular complexity index is 672. The summed E-state index contributed by atoms with van der Waals surface area (Å²) in [6.07, 6.45) is 0. The standard InChI is InChI=1S/C15H10F2N2O/c16-13-5-12(6-14(17)7-13)15(20)19-9-11-3-1-2-10(4-11)8-18/h1-7H,9H2,(H,19,20). The van der Waals surface area contributed by atoms with Gasteiger partial charge in [-0.05, 0) is 29.8 Å². The summed E-state index contributed by atoms with van der Waals surface area (Å²) in [5.41, 5.74) is 1.13. The predicted octanol–water partition coefficient (Wildman–Crippen LogP) is 2.77. The van der Waals surface area contributed by atoms with Crippen LogP contribution in [0.1, 0.15) is 21.5 Å². The van der Waals surface area contributed by atoms with Crippen molar-refractivity contribution < 1.29 is 13.6 Å². The molecule has 1 amide bonds. The molecule has 0 bridgehead atoms.